The number of hydrogen-bond donors (Lipinski definition) is 0. The fourth-order valence-corrected chi connectivity index (χ4v) is 2.77. The minimum atomic E-state index is 0.800. The number of para-hydroxylation sites is 1. The number of methoxy groups -OCH3 is 1. The van der Waals surface area contributed by atoms with Crippen LogP contribution in [0.5, 0.6) is 5.75 Å². The molecular weight excluding hydrogens is 296 g/mol. The van der Waals surface area contributed by atoms with E-state index in [0.717, 1.165) is 44.6 Å². The van der Waals surface area contributed by atoms with Gasteiger partial charge in [-0.1, -0.05) is 54.4 Å². The zero-order valence-electron chi connectivity index (χ0n) is 15.1. The van der Waals surface area contributed by atoms with Gasteiger partial charge in [0.2, 0.25) is 0 Å². The van der Waals surface area contributed by atoms with Gasteiger partial charge in [0.05, 0.1) is 6.61 Å². The standard InChI is InChI=1S/C22H30O2/c1-19-11-13-20(14-12-19)15-16-21-9-5-6-10-22(21)24-18-8-4-3-7-17-23-2/h5-6,9-14H,3-4,7-8,15-18H2,1-2H3. The Morgan fingerprint density at radius 1 is 0.750 bits per heavy atom. The fourth-order valence-electron chi connectivity index (χ4n) is 2.77. The maximum atomic E-state index is 6.02. The van der Waals surface area contributed by atoms with E-state index in [1.165, 1.54) is 29.5 Å². The van der Waals surface area contributed by atoms with Crippen molar-refractivity contribution in [1.29, 1.82) is 0 Å². The van der Waals surface area contributed by atoms with Gasteiger partial charge in [-0.25, -0.2) is 0 Å². The Morgan fingerprint density at radius 2 is 1.46 bits per heavy atom. The lowest BCUT2D eigenvalue weighted by molar-refractivity contribution is 0.191. The maximum Gasteiger partial charge on any atom is 0.122 e. The molecule has 2 rings (SSSR count). The quantitative estimate of drug-likeness (QED) is 0.517. The summed E-state index contributed by atoms with van der Waals surface area (Å²) in [4.78, 5) is 0. The molecule has 0 atom stereocenters. The Labute approximate surface area is 146 Å². The molecule has 0 aliphatic carbocycles. The summed E-state index contributed by atoms with van der Waals surface area (Å²) >= 11 is 0. The number of unbranched alkanes of at least 4 members (excludes halogenated alkanes) is 3. The van der Waals surface area contributed by atoms with Gasteiger partial charge in [0.1, 0.15) is 5.75 Å². The number of benzene rings is 2. The van der Waals surface area contributed by atoms with Crippen LogP contribution in [0.15, 0.2) is 48.5 Å². The smallest absolute Gasteiger partial charge is 0.122 e. The van der Waals surface area contributed by atoms with Crippen molar-refractivity contribution in [3.8, 4) is 5.75 Å². The third-order valence-corrected chi connectivity index (χ3v) is 4.28. The zero-order valence-corrected chi connectivity index (χ0v) is 15.1. The first kappa shape index (κ1) is 18.5. The Kier molecular flexibility index (Phi) is 8.40. The molecule has 0 unspecified atom stereocenters. The van der Waals surface area contributed by atoms with Gasteiger partial charge >= 0.3 is 0 Å². The lowest BCUT2D eigenvalue weighted by atomic mass is 10.0. The van der Waals surface area contributed by atoms with Crippen molar-refractivity contribution < 1.29 is 9.47 Å². The number of ether oxygens (including phenoxy) is 2. The van der Waals surface area contributed by atoms with Crippen LogP contribution in [0, 0.1) is 6.92 Å². The Balaban J connectivity index is 1.76. The predicted octanol–water partition coefficient (Wildman–Crippen LogP) is 5.37. The van der Waals surface area contributed by atoms with E-state index in [2.05, 4.69) is 55.5 Å². The first-order valence-corrected chi connectivity index (χ1v) is 9.05. The van der Waals surface area contributed by atoms with Crippen molar-refractivity contribution in [1.82, 2.24) is 0 Å². The van der Waals surface area contributed by atoms with Crippen LogP contribution in [0.2, 0.25) is 0 Å². The molecule has 0 amide bonds. The lowest BCUT2D eigenvalue weighted by Crippen LogP contribution is -2.01. The number of rotatable bonds is 11. The summed E-state index contributed by atoms with van der Waals surface area (Å²) in [5.74, 6) is 1.04. The minimum absolute atomic E-state index is 0.800. The SMILES string of the molecule is COCCCCCCOc1ccccc1CCc1ccc(C)cc1. The Morgan fingerprint density at radius 3 is 2.21 bits per heavy atom. The first-order valence-electron chi connectivity index (χ1n) is 9.05. The average Bonchev–Trinajstić information content (AvgIpc) is 2.61. The molecule has 0 aliphatic heterocycles. The molecule has 2 aromatic carbocycles. The fraction of sp³-hybridized carbons (Fsp3) is 0.455. The van der Waals surface area contributed by atoms with Crippen LogP contribution in [0.25, 0.3) is 0 Å². The Bertz CT molecular complexity index is 575. The molecule has 2 heteroatoms. The molecule has 0 aliphatic rings. The second-order valence-electron chi connectivity index (χ2n) is 6.35. The summed E-state index contributed by atoms with van der Waals surface area (Å²) < 4.78 is 11.1. The molecule has 0 N–H and O–H groups in total. The van der Waals surface area contributed by atoms with Crippen molar-refractivity contribution in [3.63, 3.8) is 0 Å². The van der Waals surface area contributed by atoms with E-state index in [9.17, 15) is 0 Å². The van der Waals surface area contributed by atoms with Crippen LogP contribution in [0.3, 0.4) is 0 Å². The van der Waals surface area contributed by atoms with Crippen LogP contribution in [0.1, 0.15) is 42.4 Å². The largest absolute Gasteiger partial charge is 0.493 e. The van der Waals surface area contributed by atoms with Gasteiger partial charge in [0.15, 0.2) is 0 Å². The van der Waals surface area contributed by atoms with Crippen molar-refractivity contribution in [2.45, 2.75) is 45.4 Å². The molecule has 24 heavy (non-hydrogen) atoms. The number of hydrogen-bond acceptors (Lipinski definition) is 2. The molecule has 0 saturated carbocycles. The maximum absolute atomic E-state index is 6.02. The first-order chi connectivity index (χ1) is 11.8. The predicted molar refractivity (Wildman–Crippen MR) is 101 cm³/mol. The van der Waals surface area contributed by atoms with Crippen LogP contribution in [0.4, 0.5) is 0 Å². The summed E-state index contributed by atoms with van der Waals surface area (Å²) in [5.41, 5.74) is 4.00. The summed E-state index contributed by atoms with van der Waals surface area (Å²) in [6, 6.07) is 17.2. The van der Waals surface area contributed by atoms with E-state index in [1.54, 1.807) is 7.11 Å². The van der Waals surface area contributed by atoms with Gasteiger partial charge in [0, 0.05) is 13.7 Å². The van der Waals surface area contributed by atoms with Crippen LogP contribution < -0.4 is 4.74 Å². The highest BCUT2D eigenvalue weighted by molar-refractivity contribution is 5.34. The van der Waals surface area contributed by atoms with Crippen molar-refractivity contribution in [2.24, 2.45) is 0 Å². The van der Waals surface area contributed by atoms with Gasteiger partial charge in [-0.3, -0.25) is 0 Å². The molecular formula is C22H30O2. The molecule has 2 nitrogen and oxygen atoms in total. The van der Waals surface area contributed by atoms with E-state index in [1.807, 2.05) is 0 Å². The summed E-state index contributed by atoms with van der Waals surface area (Å²) in [7, 11) is 1.76. The van der Waals surface area contributed by atoms with E-state index in [-0.39, 0.29) is 0 Å². The lowest BCUT2D eigenvalue weighted by Gasteiger charge is -2.11. The third-order valence-electron chi connectivity index (χ3n) is 4.28. The third kappa shape index (κ3) is 6.76. The second kappa shape index (κ2) is 10.9. The minimum Gasteiger partial charge on any atom is -0.493 e. The summed E-state index contributed by atoms with van der Waals surface area (Å²) in [6.45, 7) is 3.79. The topological polar surface area (TPSA) is 18.5 Å². The zero-order chi connectivity index (χ0) is 17.0. The van der Waals surface area contributed by atoms with Gasteiger partial charge in [0.25, 0.3) is 0 Å². The monoisotopic (exact) mass is 326 g/mol. The molecule has 130 valence electrons. The van der Waals surface area contributed by atoms with Crippen molar-refractivity contribution in [2.75, 3.05) is 20.3 Å². The van der Waals surface area contributed by atoms with Gasteiger partial charge < -0.3 is 9.47 Å². The molecule has 0 aromatic heterocycles. The van der Waals surface area contributed by atoms with Gasteiger partial charge in [-0.05, 0) is 56.2 Å². The van der Waals surface area contributed by atoms with E-state index in [4.69, 9.17) is 9.47 Å². The highest BCUT2D eigenvalue weighted by Crippen LogP contribution is 2.20. The van der Waals surface area contributed by atoms with Gasteiger partial charge in [-0.2, -0.15) is 0 Å². The summed E-state index contributed by atoms with van der Waals surface area (Å²) in [6.07, 6.45) is 6.74. The van der Waals surface area contributed by atoms with E-state index >= 15 is 0 Å². The molecule has 0 spiro atoms. The number of aryl methyl sites for hydroxylation is 3. The molecule has 0 heterocycles. The molecule has 2 aromatic rings. The second-order valence-corrected chi connectivity index (χ2v) is 6.35. The molecule has 0 radical (unpaired) electrons. The van der Waals surface area contributed by atoms with E-state index in [0.29, 0.717) is 0 Å². The summed E-state index contributed by atoms with van der Waals surface area (Å²) in [5, 5.41) is 0. The van der Waals surface area contributed by atoms with Gasteiger partial charge in [-0.15, -0.1) is 0 Å². The molecule has 0 bridgehead atoms. The Hall–Kier alpha value is -1.80. The van der Waals surface area contributed by atoms with Crippen molar-refractivity contribution >= 4 is 0 Å². The normalized spacial score (nSPS) is 10.8. The highest BCUT2D eigenvalue weighted by Gasteiger charge is 2.04. The van der Waals surface area contributed by atoms with E-state index < -0.39 is 0 Å². The van der Waals surface area contributed by atoms with Crippen molar-refractivity contribution in [3.05, 3.63) is 65.2 Å². The van der Waals surface area contributed by atoms with Crippen LogP contribution >= 0.6 is 0 Å². The molecule has 0 fully saturated rings. The average molecular weight is 326 g/mol. The van der Waals surface area contributed by atoms with Crippen LogP contribution in [-0.4, -0.2) is 20.3 Å². The highest BCUT2D eigenvalue weighted by atomic mass is 16.5. The molecule has 0 saturated heterocycles. The van der Waals surface area contributed by atoms with Crippen LogP contribution in [-0.2, 0) is 17.6 Å².